The van der Waals surface area contributed by atoms with Crippen LogP contribution in [0.25, 0.3) is 0 Å². The van der Waals surface area contributed by atoms with E-state index in [4.69, 9.17) is 24.4 Å². The topological polar surface area (TPSA) is 89.9 Å². The molecule has 0 bridgehead atoms. The minimum Gasteiger partial charge on any atom is -0.493 e. The van der Waals surface area contributed by atoms with E-state index in [0.717, 1.165) is 17.3 Å². The van der Waals surface area contributed by atoms with E-state index in [9.17, 15) is 4.79 Å². The number of ether oxygens (including phenoxy) is 4. The van der Waals surface area contributed by atoms with Gasteiger partial charge in [0.25, 0.3) is 0 Å². The lowest BCUT2D eigenvalue weighted by atomic mass is 10.1. The Morgan fingerprint density at radius 3 is 2.50 bits per heavy atom. The zero-order valence-electron chi connectivity index (χ0n) is 12.2. The average Bonchev–Trinajstić information content (AvgIpc) is 2.81. The molecule has 0 saturated carbocycles. The molecule has 8 heteroatoms. The molecule has 0 aliphatic carbocycles. The molecule has 22 heavy (non-hydrogen) atoms. The van der Waals surface area contributed by atoms with Crippen LogP contribution in [0.5, 0.6) is 11.5 Å². The van der Waals surface area contributed by atoms with E-state index in [0.29, 0.717) is 11.5 Å². The van der Waals surface area contributed by atoms with Crippen LogP contribution >= 0.6 is 11.8 Å². The van der Waals surface area contributed by atoms with Crippen molar-refractivity contribution in [3.8, 4) is 11.5 Å². The van der Waals surface area contributed by atoms with Crippen LogP contribution in [0, 0.1) is 5.41 Å². The zero-order valence-corrected chi connectivity index (χ0v) is 13.0. The maximum absolute atomic E-state index is 11.9. The van der Waals surface area contributed by atoms with Crippen LogP contribution in [-0.4, -0.2) is 43.3 Å². The van der Waals surface area contributed by atoms with Crippen molar-refractivity contribution in [1.82, 2.24) is 5.32 Å². The van der Waals surface area contributed by atoms with Gasteiger partial charge in [-0.2, -0.15) is 0 Å². The summed E-state index contributed by atoms with van der Waals surface area (Å²) in [4.78, 5) is 11.9. The normalized spacial score (nSPS) is 27.8. The first-order valence-electron chi connectivity index (χ1n) is 6.62. The maximum Gasteiger partial charge on any atom is 0.247 e. The fraction of sp³-hybridized carbons (Fsp3) is 0.429. The molecular weight excluding hydrogens is 308 g/mol. The first-order valence-corrected chi connectivity index (χ1v) is 7.44. The molecule has 2 heterocycles. The second kappa shape index (κ2) is 5.79. The molecular formula is C14H16N2O5S. The Balaban J connectivity index is 1.74. The maximum atomic E-state index is 11.9. The summed E-state index contributed by atoms with van der Waals surface area (Å²) >= 11 is 1.14. The summed E-state index contributed by atoms with van der Waals surface area (Å²) in [6, 6.07) is 5.39. The van der Waals surface area contributed by atoms with Gasteiger partial charge in [0.05, 0.1) is 27.4 Å². The van der Waals surface area contributed by atoms with Crippen molar-refractivity contribution in [2.45, 2.75) is 11.0 Å². The smallest absolute Gasteiger partial charge is 0.247 e. The van der Waals surface area contributed by atoms with Crippen LogP contribution in [0.3, 0.4) is 0 Å². The van der Waals surface area contributed by atoms with Crippen molar-refractivity contribution in [2.75, 3.05) is 27.4 Å². The molecule has 0 radical (unpaired) electrons. The largest absolute Gasteiger partial charge is 0.493 e. The van der Waals surface area contributed by atoms with Gasteiger partial charge in [0.1, 0.15) is 4.75 Å². The Labute approximate surface area is 131 Å². The van der Waals surface area contributed by atoms with Crippen molar-refractivity contribution < 1.29 is 23.7 Å². The number of carbonyl (C=O) groups is 1. The molecule has 2 aliphatic rings. The van der Waals surface area contributed by atoms with Gasteiger partial charge in [-0.1, -0.05) is 17.8 Å². The van der Waals surface area contributed by atoms with E-state index in [2.05, 4.69) is 5.32 Å². The van der Waals surface area contributed by atoms with Gasteiger partial charge in [0.2, 0.25) is 5.91 Å². The van der Waals surface area contributed by atoms with Crippen LogP contribution in [0.2, 0.25) is 0 Å². The highest BCUT2D eigenvalue weighted by atomic mass is 32.2. The summed E-state index contributed by atoms with van der Waals surface area (Å²) in [6.07, 6.45) is -0.575. The van der Waals surface area contributed by atoms with Crippen molar-refractivity contribution >= 4 is 22.8 Å². The highest BCUT2D eigenvalue weighted by molar-refractivity contribution is 8.16. The van der Waals surface area contributed by atoms with Gasteiger partial charge < -0.3 is 24.3 Å². The third kappa shape index (κ3) is 2.53. The second-order valence-electron chi connectivity index (χ2n) is 4.95. The molecule has 3 rings (SSSR count). The summed E-state index contributed by atoms with van der Waals surface area (Å²) in [7, 11) is 3.13. The summed E-state index contributed by atoms with van der Waals surface area (Å²) in [6.45, 7) is 0.371. The Kier molecular flexibility index (Phi) is 3.98. The van der Waals surface area contributed by atoms with E-state index in [1.807, 2.05) is 6.07 Å². The molecule has 1 amide bonds. The molecule has 2 fully saturated rings. The van der Waals surface area contributed by atoms with Crippen LogP contribution < -0.4 is 14.8 Å². The lowest BCUT2D eigenvalue weighted by molar-refractivity contribution is -0.197. The molecule has 2 aliphatic heterocycles. The van der Waals surface area contributed by atoms with Crippen molar-refractivity contribution in [1.29, 1.82) is 5.41 Å². The van der Waals surface area contributed by atoms with Gasteiger partial charge in [-0.25, -0.2) is 0 Å². The number of hydrogen-bond acceptors (Lipinski definition) is 7. The second-order valence-corrected chi connectivity index (χ2v) is 6.34. The summed E-state index contributed by atoms with van der Waals surface area (Å²) in [5, 5.41) is 10.1. The molecule has 0 aromatic heterocycles. The summed E-state index contributed by atoms with van der Waals surface area (Å²) in [5.41, 5.74) is 0.783. The van der Waals surface area contributed by atoms with Gasteiger partial charge in [-0.3, -0.25) is 10.2 Å². The Morgan fingerprint density at radius 2 is 1.95 bits per heavy atom. The van der Waals surface area contributed by atoms with E-state index < -0.39 is 11.0 Å². The van der Waals surface area contributed by atoms with Crippen molar-refractivity contribution in [2.24, 2.45) is 0 Å². The van der Waals surface area contributed by atoms with Gasteiger partial charge >= 0.3 is 0 Å². The van der Waals surface area contributed by atoms with E-state index in [1.165, 1.54) is 0 Å². The standard InChI is InChI=1S/C14H16N2O5S/c1-18-9-4-3-8(5-10(9)19-2)11-20-6-14(7-21-11)12(17)16-13(15)22-14/h3-5,11H,6-7H2,1-2H3,(H2,15,16,17). The predicted molar refractivity (Wildman–Crippen MR) is 80.4 cm³/mol. The Morgan fingerprint density at radius 1 is 1.27 bits per heavy atom. The lowest BCUT2D eigenvalue weighted by Gasteiger charge is -2.34. The number of methoxy groups -OCH3 is 2. The minimum absolute atomic E-state index is 0.127. The molecule has 7 nitrogen and oxygen atoms in total. The number of carbonyl (C=O) groups excluding carboxylic acids is 1. The van der Waals surface area contributed by atoms with E-state index >= 15 is 0 Å². The van der Waals surface area contributed by atoms with Crippen molar-refractivity contribution in [3.05, 3.63) is 23.8 Å². The number of benzene rings is 1. The SMILES string of the molecule is COc1ccc(C2OCC3(CO2)SC(=N)NC3=O)cc1OC. The molecule has 1 aromatic carbocycles. The molecule has 2 saturated heterocycles. The van der Waals surface area contributed by atoms with Gasteiger partial charge in [0, 0.05) is 5.56 Å². The first-order chi connectivity index (χ1) is 10.6. The van der Waals surface area contributed by atoms with Crippen LogP contribution in [0.1, 0.15) is 11.9 Å². The van der Waals surface area contributed by atoms with Gasteiger partial charge in [-0.05, 0) is 12.1 Å². The quantitative estimate of drug-likeness (QED) is 0.871. The fourth-order valence-electron chi connectivity index (χ4n) is 2.38. The zero-order chi connectivity index (χ0) is 15.7. The number of rotatable bonds is 3. The van der Waals surface area contributed by atoms with E-state index in [1.54, 1.807) is 26.4 Å². The molecule has 118 valence electrons. The Bertz CT molecular complexity index is 613. The fourth-order valence-corrected chi connectivity index (χ4v) is 3.31. The molecule has 2 N–H and O–H groups in total. The number of amidine groups is 1. The van der Waals surface area contributed by atoms with Crippen LogP contribution in [-0.2, 0) is 14.3 Å². The number of amides is 1. The van der Waals surface area contributed by atoms with Gasteiger partial charge in [-0.15, -0.1) is 0 Å². The number of hydrogen-bond donors (Lipinski definition) is 2. The molecule has 0 unspecified atom stereocenters. The third-order valence-electron chi connectivity index (χ3n) is 3.55. The first kappa shape index (κ1) is 15.1. The van der Waals surface area contributed by atoms with Crippen molar-refractivity contribution in [3.63, 3.8) is 0 Å². The predicted octanol–water partition coefficient (Wildman–Crippen LogP) is 1.29. The monoisotopic (exact) mass is 324 g/mol. The highest BCUT2D eigenvalue weighted by Crippen LogP contribution is 2.40. The molecule has 1 spiro atoms. The van der Waals surface area contributed by atoms with Crippen LogP contribution in [0.4, 0.5) is 0 Å². The van der Waals surface area contributed by atoms with Crippen LogP contribution in [0.15, 0.2) is 18.2 Å². The molecule has 0 atom stereocenters. The number of nitrogens with one attached hydrogen (secondary N) is 2. The highest BCUT2D eigenvalue weighted by Gasteiger charge is 2.50. The lowest BCUT2D eigenvalue weighted by Crippen LogP contribution is -2.48. The van der Waals surface area contributed by atoms with E-state index in [-0.39, 0.29) is 24.3 Å². The average molecular weight is 324 g/mol. The van der Waals surface area contributed by atoms with Gasteiger partial charge in [0.15, 0.2) is 23.0 Å². The Hall–Kier alpha value is -1.77. The molecule has 1 aromatic rings. The minimum atomic E-state index is -0.857. The summed E-state index contributed by atoms with van der Waals surface area (Å²) in [5.74, 6) is 0.966. The third-order valence-corrected chi connectivity index (χ3v) is 4.67. The number of thioether (sulfide) groups is 1. The summed E-state index contributed by atoms with van der Waals surface area (Å²) < 4.78 is 21.0.